The van der Waals surface area contributed by atoms with Crippen molar-refractivity contribution in [2.24, 2.45) is 5.92 Å². The zero-order valence-electron chi connectivity index (χ0n) is 14.6. The summed E-state index contributed by atoms with van der Waals surface area (Å²) in [6.45, 7) is 5.17. The van der Waals surface area contributed by atoms with Gasteiger partial charge in [0.2, 0.25) is 0 Å². The second-order valence-corrected chi connectivity index (χ2v) is 6.25. The van der Waals surface area contributed by atoms with Crippen molar-refractivity contribution in [1.29, 1.82) is 0 Å². The maximum Gasteiger partial charge on any atom is 0.260 e. The molecule has 0 saturated carbocycles. The molecule has 25 heavy (non-hydrogen) atoms. The summed E-state index contributed by atoms with van der Waals surface area (Å²) in [5.41, 5.74) is 0. The number of ether oxygens (including phenoxy) is 2. The Bertz CT molecular complexity index is 647. The third kappa shape index (κ3) is 4.98. The quantitative estimate of drug-likeness (QED) is 0.775. The zero-order chi connectivity index (χ0) is 17.5. The first kappa shape index (κ1) is 17.3. The zero-order valence-corrected chi connectivity index (χ0v) is 14.6. The number of piperidine rings is 1. The average Bonchev–Trinajstić information content (AvgIpc) is 3.15. The van der Waals surface area contributed by atoms with Crippen LogP contribution in [0.15, 0.2) is 42.7 Å². The predicted octanol–water partition coefficient (Wildman–Crippen LogP) is 2.60. The van der Waals surface area contributed by atoms with Crippen LogP contribution in [0.4, 0.5) is 0 Å². The highest BCUT2D eigenvalue weighted by Crippen LogP contribution is 2.20. The van der Waals surface area contributed by atoms with Crippen LogP contribution < -0.4 is 9.47 Å². The van der Waals surface area contributed by atoms with Gasteiger partial charge in [-0.2, -0.15) is 5.10 Å². The fraction of sp³-hybridized carbons (Fsp3) is 0.474. The molecule has 134 valence electrons. The van der Waals surface area contributed by atoms with E-state index in [0.717, 1.165) is 38.2 Å². The lowest BCUT2D eigenvalue weighted by Gasteiger charge is -2.31. The van der Waals surface area contributed by atoms with Gasteiger partial charge in [0.1, 0.15) is 11.5 Å². The Morgan fingerprint density at radius 1 is 1.16 bits per heavy atom. The van der Waals surface area contributed by atoms with Crippen molar-refractivity contribution < 1.29 is 14.3 Å². The van der Waals surface area contributed by atoms with Crippen LogP contribution in [0.1, 0.15) is 19.8 Å². The van der Waals surface area contributed by atoms with Crippen LogP contribution in [-0.2, 0) is 11.3 Å². The lowest BCUT2D eigenvalue weighted by Crippen LogP contribution is -2.41. The van der Waals surface area contributed by atoms with E-state index in [1.54, 1.807) is 6.20 Å². The minimum atomic E-state index is 0.0476. The standard InChI is InChI=1S/C19H25N3O3/c1-2-24-17-4-6-18(7-5-17)25-15-19(23)21-12-8-16(9-13-21)14-22-11-3-10-20-22/h3-7,10-11,16H,2,8-9,12-15H2,1H3. The number of hydrogen-bond donors (Lipinski definition) is 0. The molecule has 0 spiro atoms. The van der Waals surface area contributed by atoms with Gasteiger partial charge in [-0.1, -0.05) is 0 Å². The normalized spacial score (nSPS) is 15.2. The Kier molecular flexibility index (Phi) is 5.93. The van der Waals surface area contributed by atoms with Gasteiger partial charge < -0.3 is 14.4 Å². The Balaban J connectivity index is 1.40. The highest BCUT2D eigenvalue weighted by Gasteiger charge is 2.23. The topological polar surface area (TPSA) is 56.6 Å². The molecule has 1 amide bonds. The van der Waals surface area contributed by atoms with Crippen molar-refractivity contribution in [3.05, 3.63) is 42.7 Å². The summed E-state index contributed by atoms with van der Waals surface area (Å²) in [7, 11) is 0. The molecular weight excluding hydrogens is 318 g/mol. The molecule has 1 aromatic carbocycles. The average molecular weight is 343 g/mol. The summed E-state index contributed by atoms with van der Waals surface area (Å²) in [5, 5.41) is 4.25. The largest absolute Gasteiger partial charge is 0.494 e. The summed E-state index contributed by atoms with van der Waals surface area (Å²) in [4.78, 5) is 14.2. The van der Waals surface area contributed by atoms with E-state index >= 15 is 0 Å². The third-order valence-electron chi connectivity index (χ3n) is 4.47. The fourth-order valence-electron chi connectivity index (χ4n) is 3.07. The SMILES string of the molecule is CCOc1ccc(OCC(=O)N2CCC(Cn3cccn3)CC2)cc1. The van der Waals surface area contributed by atoms with Crippen LogP contribution >= 0.6 is 0 Å². The van der Waals surface area contributed by atoms with E-state index in [4.69, 9.17) is 9.47 Å². The molecule has 1 aromatic heterocycles. The molecule has 0 bridgehead atoms. The fourth-order valence-corrected chi connectivity index (χ4v) is 3.07. The van der Waals surface area contributed by atoms with Gasteiger partial charge in [-0.3, -0.25) is 9.48 Å². The number of carbonyl (C=O) groups is 1. The highest BCUT2D eigenvalue weighted by molar-refractivity contribution is 5.77. The molecule has 0 radical (unpaired) electrons. The van der Waals surface area contributed by atoms with E-state index in [9.17, 15) is 4.79 Å². The molecule has 2 heterocycles. The van der Waals surface area contributed by atoms with Gasteiger partial charge >= 0.3 is 0 Å². The van der Waals surface area contributed by atoms with Crippen LogP contribution in [-0.4, -0.2) is 46.9 Å². The maximum atomic E-state index is 12.3. The Morgan fingerprint density at radius 3 is 2.44 bits per heavy atom. The number of carbonyl (C=O) groups excluding carboxylic acids is 1. The molecule has 1 saturated heterocycles. The van der Waals surface area contributed by atoms with Crippen LogP contribution in [0.5, 0.6) is 11.5 Å². The molecule has 6 nitrogen and oxygen atoms in total. The monoisotopic (exact) mass is 343 g/mol. The summed E-state index contributed by atoms with van der Waals surface area (Å²) in [6, 6.07) is 9.30. The lowest BCUT2D eigenvalue weighted by atomic mass is 9.97. The van der Waals surface area contributed by atoms with Crippen molar-refractivity contribution in [2.45, 2.75) is 26.3 Å². The van der Waals surface area contributed by atoms with Crippen LogP contribution in [0, 0.1) is 5.92 Å². The van der Waals surface area contributed by atoms with Gasteiger partial charge in [0, 0.05) is 32.0 Å². The van der Waals surface area contributed by atoms with E-state index in [1.807, 2.05) is 53.0 Å². The van der Waals surface area contributed by atoms with E-state index in [0.29, 0.717) is 18.3 Å². The van der Waals surface area contributed by atoms with E-state index in [1.165, 1.54) is 0 Å². The van der Waals surface area contributed by atoms with Gasteiger partial charge in [-0.05, 0) is 56.0 Å². The van der Waals surface area contributed by atoms with Crippen LogP contribution in [0.2, 0.25) is 0 Å². The number of nitrogens with zero attached hydrogens (tertiary/aromatic N) is 3. The molecule has 0 unspecified atom stereocenters. The number of benzene rings is 1. The van der Waals surface area contributed by atoms with E-state index in [2.05, 4.69) is 5.10 Å². The number of amides is 1. The summed E-state index contributed by atoms with van der Waals surface area (Å²) in [5.74, 6) is 2.12. The molecule has 1 fully saturated rings. The molecule has 0 aliphatic carbocycles. The van der Waals surface area contributed by atoms with Crippen molar-refractivity contribution in [3.8, 4) is 11.5 Å². The molecule has 2 aromatic rings. The molecule has 3 rings (SSSR count). The van der Waals surface area contributed by atoms with Gasteiger partial charge in [0.25, 0.3) is 5.91 Å². The minimum Gasteiger partial charge on any atom is -0.494 e. The summed E-state index contributed by atoms with van der Waals surface area (Å²) < 4.78 is 13.0. The number of hydrogen-bond acceptors (Lipinski definition) is 4. The highest BCUT2D eigenvalue weighted by atomic mass is 16.5. The van der Waals surface area contributed by atoms with Crippen molar-refractivity contribution >= 4 is 5.91 Å². The molecule has 1 aliphatic rings. The molecule has 0 N–H and O–H groups in total. The van der Waals surface area contributed by atoms with Crippen molar-refractivity contribution in [2.75, 3.05) is 26.3 Å². The molecule has 0 atom stereocenters. The first-order valence-electron chi connectivity index (χ1n) is 8.85. The number of aromatic nitrogens is 2. The number of likely N-dealkylation sites (tertiary alicyclic amines) is 1. The van der Waals surface area contributed by atoms with Gasteiger partial charge in [0.15, 0.2) is 6.61 Å². The van der Waals surface area contributed by atoms with Crippen LogP contribution in [0.3, 0.4) is 0 Å². The molecular formula is C19H25N3O3. The van der Waals surface area contributed by atoms with Gasteiger partial charge in [0.05, 0.1) is 6.61 Å². The Morgan fingerprint density at radius 2 is 1.84 bits per heavy atom. The van der Waals surface area contributed by atoms with Gasteiger partial charge in [-0.25, -0.2) is 0 Å². The van der Waals surface area contributed by atoms with Gasteiger partial charge in [-0.15, -0.1) is 0 Å². The smallest absolute Gasteiger partial charge is 0.260 e. The summed E-state index contributed by atoms with van der Waals surface area (Å²) >= 11 is 0. The third-order valence-corrected chi connectivity index (χ3v) is 4.47. The molecule has 1 aliphatic heterocycles. The van der Waals surface area contributed by atoms with Crippen molar-refractivity contribution in [1.82, 2.24) is 14.7 Å². The first-order chi connectivity index (χ1) is 12.2. The van der Waals surface area contributed by atoms with E-state index in [-0.39, 0.29) is 12.5 Å². The van der Waals surface area contributed by atoms with Crippen LogP contribution in [0.25, 0.3) is 0 Å². The lowest BCUT2D eigenvalue weighted by molar-refractivity contribution is -0.134. The van der Waals surface area contributed by atoms with E-state index < -0.39 is 0 Å². The number of rotatable bonds is 7. The first-order valence-corrected chi connectivity index (χ1v) is 8.85. The second-order valence-electron chi connectivity index (χ2n) is 6.25. The Labute approximate surface area is 148 Å². The minimum absolute atomic E-state index is 0.0476. The molecule has 6 heteroatoms. The maximum absolute atomic E-state index is 12.3. The Hall–Kier alpha value is -2.50. The second kappa shape index (κ2) is 8.55. The van der Waals surface area contributed by atoms with Crippen molar-refractivity contribution in [3.63, 3.8) is 0 Å². The predicted molar refractivity (Wildman–Crippen MR) is 94.6 cm³/mol. The summed E-state index contributed by atoms with van der Waals surface area (Å²) in [6.07, 6.45) is 5.81.